The summed E-state index contributed by atoms with van der Waals surface area (Å²) in [7, 11) is 0. The molecule has 0 aliphatic carbocycles. The van der Waals surface area contributed by atoms with Gasteiger partial charge < -0.3 is 10.7 Å². The van der Waals surface area contributed by atoms with Crippen molar-refractivity contribution in [3.05, 3.63) is 27.4 Å². The monoisotopic (exact) mass is 173 g/mol. The molecule has 6 heteroatoms. The summed E-state index contributed by atoms with van der Waals surface area (Å²) in [6.45, 7) is 0. The molecule has 1 rings (SSSR count). The number of rotatable bonds is 1. The summed E-state index contributed by atoms with van der Waals surface area (Å²) >= 11 is 5.37. The molecule has 0 saturated heterocycles. The molecule has 0 aliphatic heterocycles. The van der Waals surface area contributed by atoms with Crippen molar-refractivity contribution < 1.29 is 4.79 Å². The first-order valence-corrected chi connectivity index (χ1v) is 3.04. The van der Waals surface area contributed by atoms with E-state index in [9.17, 15) is 9.59 Å². The average Bonchev–Trinajstić information content (AvgIpc) is 1.94. The Bertz CT molecular complexity index is 346. The molecular formula is C5H4ClN3O2. The largest absolute Gasteiger partial charge is 0.364 e. The zero-order valence-electron chi connectivity index (χ0n) is 5.30. The Labute approximate surface area is 66.2 Å². The third-order valence-corrected chi connectivity index (χ3v) is 1.18. The number of hydrogen-bond acceptors (Lipinski definition) is 3. The van der Waals surface area contributed by atoms with Gasteiger partial charge in [0.2, 0.25) is 0 Å². The van der Waals surface area contributed by atoms with Gasteiger partial charge in [-0.2, -0.15) is 0 Å². The van der Waals surface area contributed by atoms with E-state index >= 15 is 0 Å². The predicted molar refractivity (Wildman–Crippen MR) is 38.4 cm³/mol. The second-order valence-corrected chi connectivity index (χ2v) is 2.15. The number of aromatic nitrogens is 2. The lowest BCUT2D eigenvalue weighted by atomic mass is 10.4. The molecule has 1 heterocycles. The number of amides is 1. The topological polar surface area (TPSA) is 88.8 Å². The highest BCUT2D eigenvalue weighted by atomic mass is 35.5. The zero-order chi connectivity index (χ0) is 8.43. The van der Waals surface area contributed by atoms with Crippen LogP contribution in [0, 0.1) is 0 Å². The summed E-state index contributed by atoms with van der Waals surface area (Å²) in [6.07, 6.45) is 1.18. The summed E-state index contributed by atoms with van der Waals surface area (Å²) in [5, 5.41) is 0.0263. The van der Waals surface area contributed by atoms with Gasteiger partial charge in [-0.15, -0.1) is 0 Å². The van der Waals surface area contributed by atoms with Gasteiger partial charge in [0.05, 0.1) is 0 Å². The van der Waals surface area contributed by atoms with E-state index in [2.05, 4.69) is 9.97 Å². The van der Waals surface area contributed by atoms with Gasteiger partial charge in [-0.05, 0) is 0 Å². The molecule has 1 aromatic heterocycles. The van der Waals surface area contributed by atoms with Crippen LogP contribution in [0.5, 0.6) is 0 Å². The molecule has 0 saturated carbocycles. The number of halogens is 1. The fraction of sp³-hybridized carbons (Fsp3) is 0. The Balaban J connectivity index is 3.35. The zero-order valence-corrected chi connectivity index (χ0v) is 6.05. The highest BCUT2D eigenvalue weighted by Crippen LogP contribution is 1.97. The maximum Gasteiger partial charge on any atom is 0.279 e. The molecule has 1 amide bonds. The summed E-state index contributed by atoms with van der Waals surface area (Å²) in [6, 6.07) is 0. The van der Waals surface area contributed by atoms with Crippen molar-refractivity contribution in [1.82, 2.24) is 9.97 Å². The van der Waals surface area contributed by atoms with Gasteiger partial charge >= 0.3 is 0 Å². The van der Waals surface area contributed by atoms with Crippen LogP contribution in [0.4, 0.5) is 0 Å². The molecule has 1 aromatic rings. The lowest BCUT2D eigenvalue weighted by molar-refractivity contribution is 0.0994. The molecule has 0 aromatic carbocycles. The lowest BCUT2D eigenvalue weighted by Crippen LogP contribution is -2.25. The van der Waals surface area contributed by atoms with Crippen LogP contribution in [-0.4, -0.2) is 15.9 Å². The Kier molecular flexibility index (Phi) is 1.91. The fourth-order valence-electron chi connectivity index (χ4n) is 0.550. The number of carbonyl (C=O) groups excluding carboxylic acids is 1. The van der Waals surface area contributed by atoms with E-state index in [1.165, 1.54) is 6.20 Å². The maximum atomic E-state index is 10.7. The maximum absolute atomic E-state index is 10.7. The SMILES string of the molecule is NC(=O)c1nc(Cl)c[nH]c1=O. The predicted octanol–water partition coefficient (Wildman–Crippen LogP) is -0.478. The van der Waals surface area contributed by atoms with Crippen LogP contribution in [0.2, 0.25) is 5.15 Å². The van der Waals surface area contributed by atoms with E-state index in [0.717, 1.165) is 0 Å². The number of H-pyrrole nitrogens is 1. The summed E-state index contributed by atoms with van der Waals surface area (Å²) in [5.74, 6) is -0.895. The smallest absolute Gasteiger partial charge is 0.279 e. The first-order chi connectivity index (χ1) is 5.11. The quantitative estimate of drug-likeness (QED) is 0.601. The van der Waals surface area contributed by atoms with Crippen molar-refractivity contribution in [2.24, 2.45) is 5.73 Å². The number of nitrogens with two attached hydrogens (primary N) is 1. The summed E-state index contributed by atoms with van der Waals surface area (Å²) in [5.41, 5.74) is 3.79. The molecule has 0 atom stereocenters. The van der Waals surface area contributed by atoms with Crippen molar-refractivity contribution in [2.75, 3.05) is 0 Å². The minimum absolute atomic E-state index is 0.0263. The highest BCUT2D eigenvalue weighted by Gasteiger charge is 2.07. The fourth-order valence-corrected chi connectivity index (χ4v) is 0.689. The van der Waals surface area contributed by atoms with Crippen LogP contribution in [0.15, 0.2) is 11.0 Å². The van der Waals surface area contributed by atoms with Gasteiger partial charge in [0.15, 0.2) is 5.69 Å². The Morgan fingerprint density at radius 2 is 2.36 bits per heavy atom. The third kappa shape index (κ3) is 1.56. The standard InChI is InChI=1S/C5H4ClN3O2/c6-2-1-8-5(11)3(9-2)4(7)10/h1H,(H2,7,10)(H,8,11). The number of nitrogens with zero attached hydrogens (tertiary/aromatic N) is 1. The number of nitrogens with one attached hydrogen (secondary N) is 1. The normalized spacial score (nSPS) is 9.55. The molecule has 0 fully saturated rings. The van der Waals surface area contributed by atoms with Crippen molar-refractivity contribution >= 4 is 17.5 Å². The molecule has 0 radical (unpaired) electrons. The number of hydrogen-bond donors (Lipinski definition) is 2. The first kappa shape index (κ1) is 7.74. The number of carbonyl (C=O) groups is 1. The van der Waals surface area contributed by atoms with E-state index in [1.54, 1.807) is 0 Å². The summed E-state index contributed by atoms with van der Waals surface area (Å²) < 4.78 is 0. The molecule has 11 heavy (non-hydrogen) atoms. The third-order valence-electron chi connectivity index (χ3n) is 0.989. The molecule has 3 N–H and O–H groups in total. The van der Waals surface area contributed by atoms with Gasteiger partial charge in [-0.1, -0.05) is 11.6 Å². The van der Waals surface area contributed by atoms with Gasteiger partial charge in [0.25, 0.3) is 11.5 Å². The van der Waals surface area contributed by atoms with Crippen LogP contribution in [0.1, 0.15) is 10.5 Å². The molecule has 0 aliphatic rings. The molecule has 5 nitrogen and oxygen atoms in total. The molecule has 0 bridgehead atoms. The van der Waals surface area contributed by atoms with Crippen molar-refractivity contribution in [1.29, 1.82) is 0 Å². The van der Waals surface area contributed by atoms with E-state index in [1.807, 2.05) is 0 Å². The van der Waals surface area contributed by atoms with E-state index < -0.39 is 11.5 Å². The van der Waals surface area contributed by atoms with Crippen LogP contribution in [-0.2, 0) is 0 Å². The summed E-state index contributed by atoms with van der Waals surface area (Å²) in [4.78, 5) is 26.8. The van der Waals surface area contributed by atoms with Crippen molar-refractivity contribution in [2.45, 2.75) is 0 Å². The van der Waals surface area contributed by atoms with Crippen LogP contribution in [0.3, 0.4) is 0 Å². The van der Waals surface area contributed by atoms with E-state index in [-0.39, 0.29) is 10.8 Å². The van der Waals surface area contributed by atoms with Gasteiger partial charge in [-0.3, -0.25) is 9.59 Å². The Morgan fingerprint density at radius 3 is 2.82 bits per heavy atom. The van der Waals surface area contributed by atoms with Crippen LogP contribution in [0.25, 0.3) is 0 Å². The number of aromatic amines is 1. The Hall–Kier alpha value is -1.36. The Morgan fingerprint density at radius 1 is 1.73 bits per heavy atom. The van der Waals surface area contributed by atoms with Gasteiger partial charge in [0, 0.05) is 6.20 Å². The minimum atomic E-state index is -0.895. The molecule has 0 unspecified atom stereocenters. The van der Waals surface area contributed by atoms with Gasteiger partial charge in [0.1, 0.15) is 5.15 Å². The average molecular weight is 174 g/mol. The molecular weight excluding hydrogens is 170 g/mol. The van der Waals surface area contributed by atoms with E-state index in [0.29, 0.717) is 0 Å². The van der Waals surface area contributed by atoms with Crippen molar-refractivity contribution in [3.8, 4) is 0 Å². The van der Waals surface area contributed by atoms with Crippen LogP contribution >= 0.6 is 11.6 Å². The first-order valence-electron chi connectivity index (χ1n) is 2.66. The number of primary amides is 1. The lowest BCUT2D eigenvalue weighted by Gasteiger charge is -1.92. The highest BCUT2D eigenvalue weighted by molar-refractivity contribution is 6.29. The van der Waals surface area contributed by atoms with Crippen molar-refractivity contribution in [3.63, 3.8) is 0 Å². The second-order valence-electron chi connectivity index (χ2n) is 1.77. The van der Waals surface area contributed by atoms with Gasteiger partial charge in [-0.25, -0.2) is 4.98 Å². The second kappa shape index (κ2) is 2.71. The van der Waals surface area contributed by atoms with Crippen LogP contribution < -0.4 is 11.3 Å². The molecule has 0 spiro atoms. The van der Waals surface area contributed by atoms with E-state index in [4.69, 9.17) is 17.3 Å². The minimum Gasteiger partial charge on any atom is -0.364 e. The molecule has 58 valence electrons.